The van der Waals surface area contributed by atoms with Gasteiger partial charge in [0.2, 0.25) is 5.95 Å². The van der Waals surface area contributed by atoms with Gasteiger partial charge in [-0.25, -0.2) is 27.8 Å². The molecule has 3 aromatic rings. The number of methoxy groups -OCH3 is 1. The lowest BCUT2D eigenvalue weighted by Gasteiger charge is -2.31. The molecule has 0 bridgehead atoms. The lowest BCUT2D eigenvalue weighted by molar-refractivity contribution is -0.744. The van der Waals surface area contributed by atoms with Crippen molar-refractivity contribution in [2.24, 2.45) is 0 Å². The van der Waals surface area contributed by atoms with Crippen LogP contribution in [0, 0.1) is 0 Å². The zero-order chi connectivity index (χ0) is 29.8. The highest BCUT2D eigenvalue weighted by atomic mass is 19.3. The van der Waals surface area contributed by atoms with Crippen molar-refractivity contribution in [3.05, 3.63) is 36.2 Å². The van der Waals surface area contributed by atoms with E-state index in [0.29, 0.717) is 65.8 Å². The predicted octanol–water partition coefficient (Wildman–Crippen LogP) is 3.17. The molecule has 12 nitrogen and oxygen atoms in total. The fourth-order valence-electron chi connectivity index (χ4n) is 7.35. The second kappa shape index (κ2) is 10.7. The van der Waals surface area contributed by atoms with Crippen LogP contribution < -0.4 is 15.5 Å². The normalized spacial score (nSPS) is 28.7. The molecule has 1 saturated carbocycles. The van der Waals surface area contributed by atoms with Crippen LogP contribution in [-0.2, 0) is 14.3 Å². The van der Waals surface area contributed by atoms with E-state index in [-0.39, 0.29) is 23.3 Å². The van der Waals surface area contributed by atoms with Crippen molar-refractivity contribution in [3.8, 4) is 5.82 Å². The van der Waals surface area contributed by atoms with Crippen molar-refractivity contribution in [1.82, 2.24) is 24.8 Å². The van der Waals surface area contributed by atoms with Crippen LogP contribution in [0.3, 0.4) is 0 Å². The Morgan fingerprint density at radius 2 is 1.91 bits per heavy atom. The number of hydrogen-bond donors (Lipinski definition) is 2. The molecule has 3 saturated heterocycles. The summed E-state index contributed by atoms with van der Waals surface area (Å²) in [5, 5.41) is 6.25. The van der Waals surface area contributed by atoms with Gasteiger partial charge in [-0.05, 0) is 25.0 Å². The van der Waals surface area contributed by atoms with Gasteiger partial charge in [-0.15, -0.1) is 0 Å². The molecular formula is C29H35F2N8O4+. The zero-order valence-electron chi connectivity index (χ0n) is 24.0. The first kappa shape index (κ1) is 27.9. The largest absolute Gasteiger partial charge is 0.453 e. The van der Waals surface area contributed by atoms with Crippen molar-refractivity contribution in [2.75, 3.05) is 56.7 Å². The predicted molar refractivity (Wildman–Crippen MR) is 152 cm³/mol. The smallest absolute Gasteiger partial charge is 0.407 e. The number of amides is 2. The molecule has 228 valence electrons. The molecule has 43 heavy (non-hydrogen) atoms. The molecule has 2 atom stereocenters. The number of halogens is 2. The highest BCUT2D eigenvalue weighted by Gasteiger charge is 2.76. The Labute approximate surface area is 247 Å². The molecule has 1 aliphatic carbocycles. The number of anilines is 2. The average molecular weight is 598 g/mol. The van der Waals surface area contributed by atoms with E-state index < -0.39 is 18.6 Å². The van der Waals surface area contributed by atoms with Crippen molar-refractivity contribution >= 4 is 34.8 Å². The third kappa shape index (κ3) is 4.76. The molecule has 4 aliphatic rings. The average Bonchev–Trinajstić information content (AvgIpc) is 3.29. The summed E-state index contributed by atoms with van der Waals surface area (Å²) in [6, 6.07) is 8.35. The molecule has 4 fully saturated rings. The molecule has 1 unspecified atom stereocenters. The third-order valence-electron chi connectivity index (χ3n) is 9.64. The Hall–Kier alpha value is -3.91. The maximum atomic E-state index is 14.2. The number of nitrogens with one attached hydrogen (secondary N) is 2. The quantitative estimate of drug-likeness (QED) is 0.326. The van der Waals surface area contributed by atoms with Crippen molar-refractivity contribution < 1.29 is 32.3 Å². The Morgan fingerprint density at radius 3 is 2.65 bits per heavy atom. The number of rotatable bonds is 6. The van der Waals surface area contributed by atoms with Crippen LogP contribution in [0.15, 0.2) is 30.3 Å². The van der Waals surface area contributed by atoms with E-state index in [1.54, 1.807) is 30.3 Å². The number of alkyl halides is 2. The van der Waals surface area contributed by atoms with E-state index in [1.165, 1.54) is 11.7 Å². The van der Waals surface area contributed by atoms with Gasteiger partial charge in [0.15, 0.2) is 17.4 Å². The second-order valence-corrected chi connectivity index (χ2v) is 11.9. The maximum Gasteiger partial charge on any atom is 0.407 e. The van der Waals surface area contributed by atoms with Gasteiger partial charge in [-0.3, -0.25) is 4.57 Å². The number of fused-ring (bicyclic) bond motifs is 2. The summed E-state index contributed by atoms with van der Waals surface area (Å²) in [6.45, 7) is 3.80. The highest BCUT2D eigenvalue weighted by molar-refractivity contribution is 5.84. The SMILES string of the molecule is COC(=O)N[C@@H]1CC[N+]2(CC23CCC(Nc2cc(-n4c(C(F)F)nc5ccccc54)nc(N4CCOCC4)n2)CC3)C1=O. The van der Waals surface area contributed by atoms with Crippen molar-refractivity contribution in [1.29, 1.82) is 0 Å². The minimum absolute atomic E-state index is 0.0785. The molecule has 2 spiro atoms. The number of benzene rings is 1. The van der Waals surface area contributed by atoms with Crippen LogP contribution in [0.4, 0.5) is 25.3 Å². The molecule has 2 amide bonds. The van der Waals surface area contributed by atoms with Crippen LogP contribution in [-0.4, -0.2) is 100 Å². The minimum atomic E-state index is -2.79. The van der Waals surface area contributed by atoms with E-state index in [0.717, 1.165) is 38.8 Å². The molecular weight excluding hydrogens is 562 g/mol. The standard InChI is InChI=1S/C29H34F2N8O4/c1-42-28(41)34-20-8-13-39(26(20)40)17-29(39)9-6-18(7-10-29)32-22-16-23(36-27(35-22)37-11-14-43-15-12-37)38-21-5-3-2-4-19(21)33-25(38)24(30)31/h2-5,16,18,20,24H,6-15,17H2,1H3,(H-,32,34,35,36,41)/p+1/t18?,20-,29?,39?/m1/s1. The lowest BCUT2D eigenvalue weighted by atomic mass is 9.85. The van der Waals surface area contributed by atoms with Gasteiger partial charge < -0.3 is 25.0 Å². The van der Waals surface area contributed by atoms with Gasteiger partial charge in [0, 0.05) is 44.5 Å². The number of carbonyl (C=O) groups excluding carboxylic acids is 2. The highest BCUT2D eigenvalue weighted by Crippen LogP contribution is 2.55. The van der Waals surface area contributed by atoms with Crippen molar-refractivity contribution in [2.45, 2.75) is 56.2 Å². The van der Waals surface area contributed by atoms with Gasteiger partial charge in [-0.1, -0.05) is 12.1 Å². The molecule has 2 N–H and O–H groups in total. The summed E-state index contributed by atoms with van der Waals surface area (Å²) >= 11 is 0. The summed E-state index contributed by atoms with van der Waals surface area (Å²) < 4.78 is 40.5. The van der Waals surface area contributed by atoms with Crippen LogP contribution >= 0.6 is 0 Å². The fourth-order valence-corrected chi connectivity index (χ4v) is 7.35. The summed E-state index contributed by atoms with van der Waals surface area (Å²) in [6.07, 6.45) is 0.677. The summed E-state index contributed by atoms with van der Waals surface area (Å²) in [5.41, 5.74) is 0.936. The van der Waals surface area contributed by atoms with E-state index in [4.69, 9.17) is 19.4 Å². The van der Waals surface area contributed by atoms with Gasteiger partial charge in [0.25, 0.3) is 6.43 Å². The monoisotopic (exact) mass is 597 g/mol. The van der Waals surface area contributed by atoms with Crippen molar-refractivity contribution in [3.63, 3.8) is 0 Å². The topological polar surface area (TPSA) is 124 Å². The van der Waals surface area contributed by atoms with Crippen LogP contribution in [0.25, 0.3) is 16.9 Å². The Kier molecular flexibility index (Phi) is 6.92. The molecule has 7 rings (SSSR count). The molecule has 3 aliphatic heterocycles. The Bertz CT molecular complexity index is 1550. The van der Waals surface area contributed by atoms with Gasteiger partial charge in [0.05, 0.1) is 37.9 Å². The molecule has 14 heteroatoms. The minimum Gasteiger partial charge on any atom is -0.453 e. The second-order valence-electron chi connectivity index (χ2n) is 11.9. The number of hydrogen-bond acceptors (Lipinski definition) is 9. The maximum absolute atomic E-state index is 14.2. The first-order valence-electron chi connectivity index (χ1n) is 14.8. The van der Waals surface area contributed by atoms with Crippen LogP contribution in [0.5, 0.6) is 0 Å². The number of para-hydroxylation sites is 2. The zero-order valence-corrected chi connectivity index (χ0v) is 24.0. The number of imidazole rings is 1. The first-order valence-corrected chi connectivity index (χ1v) is 14.8. The van der Waals surface area contributed by atoms with E-state index in [9.17, 15) is 18.4 Å². The molecule has 2 aromatic heterocycles. The summed E-state index contributed by atoms with van der Waals surface area (Å²) in [5.74, 6) is 1.05. The Morgan fingerprint density at radius 1 is 1.14 bits per heavy atom. The Balaban J connectivity index is 1.13. The summed E-state index contributed by atoms with van der Waals surface area (Å²) in [7, 11) is 1.30. The van der Waals surface area contributed by atoms with Gasteiger partial charge in [0.1, 0.15) is 18.2 Å². The number of aromatic nitrogens is 4. The number of morpholine rings is 1. The third-order valence-corrected chi connectivity index (χ3v) is 9.64. The lowest BCUT2D eigenvalue weighted by Crippen LogP contribution is -2.47. The van der Waals surface area contributed by atoms with E-state index in [1.807, 2.05) is 4.90 Å². The van der Waals surface area contributed by atoms with Gasteiger partial charge >= 0.3 is 12.0 Å². The number of nitrogens with zero attached hydrogens (tertiary/aromatic N) is 6. The number of carbonyl (C=O) groups is 2. The van der Waals surface area contributed by atoms with Crippen LogP contribution in [0.2, 0.25) is 0 Å². The molecule has 1 aromatic carbocycles. The van der Waals surface area contributed by atoms with Gasteiger partial charge in [-0.2, -0.15) is 9.97 Å². The van der Waals surface area contributed by atoms with Crippen LogP contribution in [0.1, 0.15) is 44.4 Å². The number of alkyl carbamates (subject to hydrolysis) is 1. The van der Waals surface area contributed by atoms with E-state index >= 15 is 0 Å². The first-order chi connectivity index (χ1) is 20.8. The number of ether oxygens (including phenoxy) is 2. The van der Waals surface area contributed by atoms with E-state index in [2.05, 4.69) is 15.6 Å². The fraction of sp³-hybridized carbons (Fsp3) is 0.552. The molecule has 0 radical (unpaired) electrons. The molecule has 5 heterocycles. The number of quaternary nitrogens is 1. The summed E-state index contributed by atoms with van der Waals surface area (Å²) in [4.78, 5) is 40.8.